The van der Waals surface area contributed by atoms with Gasteiger partial charge in [-0.05, 0) is 13.8 Å². The highest BCUT2D eigenvalue weighted by Gasteiger charge is 2.19. The second-order valence-electron chi connectivity index (χ2n) is 2.12. The second-order valence-corrected chi connectivity index (χ2v) is 2.12. The molecule has 0 aromatic heterocycles. The Morgan fingerprint density at radius 1 is 1.62 bits per heavy atom. The van der Waals surface area contributed by atoms with Gasteiger partial charge in [0.05, 0.1) is 0 Å². The Kier molecular flexibility index (Phi) is 2.16. The van der Waals surface area contributed by atoms with E-state index < -0.39 is 11.4 Å². The summed E-state index contributed by atoms with van der Waals surface area (Å²) in [4.78, 5) is 0. The predicted octanol–water partition coefficient (Wildman–Crippen LogP) is 1.89. The van der Waals surface area contributed by atoms with Crippen LogP contribution in [0.1, 0.15) is 13.8 Å². The normalized spacial score (nSPS) is 11.5. The van der Waals surface area contributed by atoms with Crippen LogP contribution in [0.15, 0.2) is 12.4 Å². The number of ether oxygens (including phenoxy) is 1. The van der Waals surface area contributed by atoms with E-state index >= 15 is 0 Å². The molecule has 2 heteroatoms. The largest absolute Gasteiger partial charge is 0.372 e. The number of hydrogen-bond donors (Lipinski definition) is 0. The maximum absolute atomic E-state index is 12.2. The fourth-order valence-electron chi connectivity index (χ4n) is 0.111. The molecule has 0 amide bonds. The Hall–Kier alpha value is -0.370. The Balaban J connectivity index is 3.91. The van der Waals surface area contributed by atoms with Crippen LogP contribution in [0.5, 0.6) is 0 Å². The van der Waals surface area contributed by atoms with Gasteiger partial charge in [0, 0.05) is 7.11 Å². The van der Waals surface area contributed by atoms with E-state index in [1.54, 1.807) is 13.8 Å². The summed E-state index contributed by atoms with van der Waals surface area (Å²) in [5.74, 6) is -0.444. The van der Waals surface area contributed by atoms with E-state index in [0.717, 1.165) is 0 Å². The fourth-order valence-corrected chi connectivity index (χ4v) is 0.111. The van der Waals surface area contributed by atoms with Crippen molar-refractivity contribution in [2.45, 2.75) is 19.4 Å². The van der Waals surface area contributed by atoms with Gasteiger partial charge in [0.2, 0.25) is 0 Å². The molecule has 48 valence electrons. The molecule has 0 bridgehead atoms. The van der Waals surface area contributed by atoms with Crippen LogP contribution >= 0.6 is 0 Å². The second kappa shape index (κ2) is 2.27. The van der Waals surface area contributed by atoms with Gasteiger partial charge in [0.25, 0.3) is 0 Å². The first kappa shape index (κ1) is 7.63. The highest BCUT2D eigenvalue weighted by molar-refractivity contribution is 4.98. The zero-order valence-electron chi connectivity index (χ0n) is 5.49. The van der Waals surface area contributed by atoms with E-state index in [2.05, 4.69) is 6.58 Å². The first-order valence-corrected chi connectivity index (χ1v) is 2.40. The minimum atomic E-state index is -0.819. The molecule has 0 rings (SSSR count). The number of rotatable bonds is 2. The van der Waals surface area contributed by atoms with Crippen LogP contribution in [0.3, 0.4) is 0 Å². The molecule has 0 atom stereocenters. The smallest absolute Gasteiger partial charge is 0.124 e. The highest BCUT2D eigenvalue weighted by atomic mass is 19.1. The third kappa shape index (κ3) is 1.62. The lowest BCUT2D eigenvalue weighted by Crippen LogP contribution is -2.22. The van der Waals surface area contributed by atoms with Crippen LogP contribution in [0, 0.1) is 0 Å². The summed E-state index contributed by atoms with van der Waals surface area (Å²) in [6, 6.07) is 0. The molecule has 0 aromatic rings. The Morgan fingerprint density at radius 3 is 2.00 bits per heavy atom. The van der Waals surface area contributed by atoms with E-state index in [9.17, 15) is 4.39 Å². The van der Waals surface area contributed by atoms with Crippen LogP contribution in [-0.4, -0.2) is 12.7 Å². The van der Waals surface area contributed by atoms with Gasteiger partial charge < -0.3 is 4.74 Å². The molecular weight excluding hydrogens is 107 g/mol. The Bertz CT molecular complexity index is 96.7. The molecule has 0 heterocycles. The van der Waals surface area contributed by atoms with Gasteiger partial charge >= 0.3 is 0 Å². The quantitative estimate of drug-likeness (QED) is 0.538. The van der Waals surface area contributed by atoms with Gasteiger partial charge in [0.15, 0.2) is 0 Å². The molecular formula is C6H11FO. The molecule has 0 spiro atoms. The van der Waals surface area contributed by atoms with Crippen LogP contribution in [0.2, 0.25) is 0 Å². The minimum Gasteiger partial charge on any atom is -0.372 e. The van der Waals surface area contributed by atoms with Gasteiger partial charge in [-0.3, -0.25) is 0 Å². The molecule has 0 aromatic carbocycles. The van der Waals surface area contributed by atoms with Crippen molar-refractivity contribution < 1.29 is 9.13 Å². The van der Waals surface area contributed by atoms with Crippen molar-refractivity contribution in [2.24, 2.45) is 0 Å². The average Bonchev–Trinajstić information content (AvgIpc) is 1.67. The van der Waals surface area contributed by atoms with Gasteiger partial charge in [-0.25, -0.2) is 4.39 Å². The molecule has 0 aliphatic rings. The number of halogens is 1. The lowest BCUT2D eigenvalue weighted by Gasteiger charge is -2.18. The summed E-state index contributed by atoms with van der Waals surface area (Å²) >= 11 is 0. The molecule has 0 unspecified atom stereocenters. The van der Waals surface area contributed by atoms with Gasteiger partial charge in [-0.1, -0.05) is 6.58 Å². The Morgan fingerprint density at radius 2 is 2.00 bits per heavy atom. The van der Waals surface area contributed by atoms with E-state index in [-0.39, 0.29) is 0 Å². The fraction of sp³-hybridized carbons (Fsp3) is 0.667. The summed E-state index contributed by atoms with van der Waals surface area (Å²) in [5, 5.41) is 0. The third-order valence-electron chi connectivity index (χ3n) is 1.16. The molecule has 0 N–H and O–H groups in total. The molecule has 0 aliphatic heterocycles. The summed E-state index contributed by atoms with van der Waals surface area (Å²) in [6.07, 6.45) is 0. The molecule has 0 aliphatic carbocycles. The molecule has 8 heavy (non-hydrogen) atoms. The summed E-state index contributed by atoms with van der Waals surface area (Å²) < 4.78 is 16.9. The summed E-state index contributed by atoms with van der Waals surface area (Å²) in [7, 11) is 1.45. The van der Waals surface area contributed by atoms with Gasteiger partial charge in [-0.15, -0.1) is 0 Å². The van der Waals surface area contributed by atoms with E-state index in [1.807, 2.05) is 0 Å². The van der Waals surface area contributed by atoms with Crippen molar-refractivity contribution in [1.29, 1.82) is 0 Å². The zero-order chi connectivity index (χ0) is 6.78. The van der Waals surface area contributed by atoms with E-state index in [1.165, 1.54) is 7.11 Å². The molecule has 0 saturated heterocycles. The molecule has 0 fully saturated rings. The van der Waals surface area contributed by atoms with Gasteiger partial charge in [-0.2, -0.15) is 0 Å². The SMILES string of the molecule is C=C(F)C(C)(C)OC. The first-order valence-electron chi connectivity index (χ1n) is 2.40. The first-order chi connectivity index (χ1) is 3.50. The van der Waals surface area contributed by atoms with Crippen molar-refractivity contribution >= 4 is 0 Å². The zero-order valence-corrected chi connectivity index (χ0v) is 5.49. The maximum Gasteiger partial charge on any atom is 0.124 e. The van der Waals surface area contributed by atoms with Crippen molar-refractivity contribution in [3.63, 3.8) is 0 Å². The van der Waals surface area contributed by atoms with Crippen molar-refractivity contribution in [2.75, 3.05) is 7.11 Å². The van der Waals surface area contributed by atoms with Crippen LogP contribution < -0.4 is 0 Å². The van der Waals surface area contributed by atoms with Crippen molar-refractivity contribution in [3.8, 4) is 0 Å². The standard InChI is InChI=1S/C6H11FO/c1-5(7)6(2,3)8-4/h1H2,2-4H3. The van der Waals surface area contributed by atoms with E-state index in [0.29, 0.717) is 0 Å². The van der Waals surface area contributed by atoms with Crippen molar-refractivity contribution in [1.82, 2.24) is 0 Å². The topological polar surface area (TPSA) is 9.23 Å². The van der Waals surface area contributed by atoms with Crippen LogP contribution in [-0.2, 0) is 4.74 Å². The number of methoxy groups -OCH3 is 1. The molecule has 0 radical (unpaired) electrons. The third-order valence-corrected chi connectivity index (χ3v) is 1.16. The Labute approximate surface area is 49.2 Å². The summed E-state index contributed by atoms with van der Waals surface area (Å²) in [6.45, 7) is 6.35. The summed E-state index contributed by atoms with van der Waals surface area (Å²) in [5.41, 5.74) is -0.819. The minimum absolute atomic E-state index is 0.444. The predicted molar refractivity (Wildman–Crippen MR) is 31.3 cm³/mol. The maximum atomic E-state index is 12.2. The lowest BCUT2D eigenvalue weighted by atomic mass is 10.1. The van der Waals surface area contributed by atoms with Crippen molar-refractivity contribution in [3.05, 3.63) is 12.4 Å². The molecule has 0 saturated carbocycles. The van der Waals surface area contributed by atoms with E-state index in [4.69, 9.17) is 4.74 Å². The average molecular weight is 118 g/mol. The van der Waals surface area contributed by atoms with Crippen LogP contribution in [0.4, 0.5) is 4.39 Å². The van der Waals surface area contributed by atoms with Crippen LogP contribution in [0.25, 0.3) is 0 Å². The highest BCUT2D eigenvalue weighted by Crippen LogP contribution is 2.17. The number of hydrogen-bond acceptors (Lipinski definition) is 1. The lowest BCUT2D eigenvalue weighted by molar-refractivity contribution is 0.0367. The van der Waals surface area contributed by atoms with Gasteiger partial charge in [0.1, 0.15) is 11.4 Å². The molecule has 1 nitrogen and oxygen atoms in total. The monoisotopic (exact) mass is 118 g/mol.